The van der Waals surface area contributed by atoms with Crippen molar-refractivity contribution in [2.75, 3.05) is 14.2 Å². The molecule has 29 heavy (non-hydrogen) atoms. The van der Waals surface area contributed by atoms with Crippen molar-refractivity contribution in [2.45, 2.75) is 13.5 Å². The molecule has 0 radical (unpaired) electrons. The highest BCUT2D eigenvalue weighted by atomic mass is 16.6. The van der Waals surface area contributed by atoms with Crippen LogP contribution in [0.25, 0.3) is 11.4 Å². The third kappa shape index (κ3) is 4.57. The summed E-state index contributed by atoms with van der Waals surface area (Å²) in [4.78, 5) is 18.4. The van der Waals surface area contributed by atoms with Gasteiger partial charge in [0.05, 0.1) is 7.05 Å². The lowest BCUT2D eigenvalue weighted by Crippen LogP contribution is -2.29. The monoisotopic (exact) mass is 394 g/mol. The van der Waals surface area contributed by atoms with Crippen LogP contribution in [0.1, 0.15) is 16.7 Å². The number of tetrazole rings is 1. The maximum Gasteiger partial charge on any atom is 0.273 e. The number of nitrogens with one attached hydrogen (secondary N) is 1. The summed E-state index contributed by atoms with van der Waals surface area (Å²) in [7, 11) is 4.67. The summed E-state index contributed by atoms with van der Waals surface area (Å²) >= 11 is 0. The predicted molar refractivity (Wildman–Crippen MR) is 107 cm³/mol. The Bertz CT molecular complexity index is 1040. The second-order valence-electron chi connectivity index (χ2n) is 6.23. The van der Waals surface area contributed by atoms with E-state index in [1.54, 1.807) is 14.1 Å². The number of oxime groups is 1. The van der Waals surface area contributed by atoms with E-state index in [1.165, 1.54) is 11.9 Å². The molecule has 1 aromatic heterocycles. The Morgan fingerprint density at radius 1 is 1.24 bits per heavy atom. The van der Waals surface area contributed by atoms with Crippen molar-refractivity contribution in [3.05, 3.63) is 59.2 Å². The number of carbonyl (C=O) groups is 1. The van der Waals surface area contributed by atoms with Crippen LogP contribution in [0.15, 0.2) is 47.6 Å². The third-order valence-electron chi connectivity index (χ3n) is 4.22. The van der Waals surface area contributed by atoms with Gasteiger partial charge in [0.15, 0.2) is 5.71 Å². The zero-order valence-corrected chi connectivity index (χ0v) is 16.7. The van der Waals surface area contributed by atoms with E-state index >= 15 is 0 Å². The van der Waals surface area contributed by atoms with Gasteiger partial charge in [-0.3, -0.25) is 4.79 Å². The summed E-state index contributed by atoms with van der Waals surface area (Å²) in [6.45, 7) is 2.21. The summed E-state index contributed by atoms with van der Waals surface area (Å²) in [5.74, 6) is 0.937. The van der Waals surface area contributed by atoms with Crippen LogP contribution in [0.2, 0.25) is 0 Å². The number of likely N-dealkylation sites (N-methyl/N-ethyl adjacent to an activating group) is 1. The Kier molecular flexibility index (Phi) is 6.18. The number of hydrogen-bond acceptors (Lipinski definition) is 7. The molecule has 0 atom stereocenters. The van der Waals surface area contributed by atoms with E-state index in [4.69, 9.17) is 9.57 Å². The normalized spacial score (nSPS) is 11.2. The number of aromatic nitrogens is 4. The number of amides is 1. The highest BCUT2D eigenvalue weighted by Gasteiger charge is 2.17. The predicted octanol–water partition coefficient (Wildman–Crippen LogP) is 1.86. The highest BCUT2D eigenvalue weighted by Crippen LogP contribution is 2.25. The van der Waals surface area contributed by atoms with Gasteiger partial charge < -0.3 is 14.9 Å². The summed E-state index contributed by atoms with van der Waals surface area (Å²) < 4.78 is 6.01. The molecule has 9 heteroatoms. The van der Waals surface area contributed by atoms with Crippen molar-refractivity contribution >= 4 is 11.6 Å². The van der Waals surface area contributed by atoms with Gasteiger partial charge in [0, 0.05) is 18.2 Å². The first-order chi connectivity index (χ1) is 14.0. The number of nitrogens with zero attached hydrogens (tertiary/aromatic N) is 5. The average Bonchev–Trinajstić information content (AvgIpc) is 3.17. The van der Waals surface area contributed by atoms with E-state index in [0.717, 1.165) is 22.4 Å². The van der Waals surface area contributed by atoms with Crippen LogP contribution in [0.5, 0.6) is 5.75 Å². The Balaban J connectivity index is 1.82. The molecule has 0 spiro atoms. The van der Waals surface area contributed by atoms with E-state index in [0.29, 0.717) is 11.4 Å². The molecule has 0 bridgehead atoms. The van der Waals surface area contributed by atoms with E-state index in [2.05, 4.69) is 25.9 Å². The van der Waals surface area contributed by atoms with Crippen LogP contribution in [-0.4, -0.2) is 46.0 Å². The molecule has 1 heterocycles. The lowest BCUT2D eigenvalue weighted by molar-refractivity contribution is -0.114. The summed E-state index contributed by atoms with van der Waals surface area (Å²) in [5, 5.41) is 18.5. The minimum atomic E-state index is -0.337. The van der Waals surface area contributed by atoms with Gasteiger partial charge in [0.1, 0.15) is 19.5 Å². The first kappa shape index (κ1) is 20.0. The van der Waals surface area contributed by atoms with Gasteiger partial charge in [-0.25, -0.2) is 0 Å². The molecule has 150 valence electrons. The van der Waals surface area contributed by atoms with E-state index < -0.39 is 0 Å². The fraction of sp³-hybridized carbons (Fsp3) is 0.250. The zero-order chi connectivity index (χ0) is 20.8. The standard InChI is InChI=1S/C20H22N6O3/c1-13-11-14(19-22-25-26(3)23-19)9-10-17(13)29-12-15-7-5-6-8-16(15)18(24-28-4)20(27)21-2/h5-11H,12H2,1-4H3,(H,21,27)/b24-18+. The van der Waals surface area contributed by atoms with Gasteiger partial charge in [-0.2, -0.15) is 4.80 Å². The number of hydrogen-bond donors (Lipinski definition) is 1. The molecule has 9 nitrogen and oxygen atoms in total. The van der Waals surface area contributed by atoms with Crippen molar-refractivity contribution in [1.29, 1.82) is 0 Å². The Hall–Kier alpha value is -3.75. The van der Waals surface area contributed by atoms with Crippen molar-refractivity contribution < 1.29 is 14.4 Å². The molecule has 0 aliphatic heterocycles. The van der Waals surface area contributed by atoms with Crippen LogP contribution in [0.4, 0.5) is 0 Å². The van der Waals surface area contributed by atoms with Crippen molar-refractivity contribution in [3.8, 4) is 17.1 Å². The van der Waals surface area contributed by atoms with Crippen LogP contribution in [0, 0.1) is 6.92 Å². The van der Waals surface area contributed by atoms with Crippen LogP contribution in [0.3, 0.4) is 0 Å². The fourth-order valence-corrected chi connectivity index (χ4v) is 2.81. The molecule has 3 aromatic rings. The minimum absolute atomic E-state index is 0.190. The van der Waals surface area contributed by atoms with Gasteiger partial charge in [0.2, 0.25) is 5.82 Å². The molecule has 2 aromatic carbocycles. The van der Waals surface area contributed by atoms with Gasteiger partial charge in [0.25, 0.3) is 5.91 Å². The van der Waals surface area contributed by atoms with Crippen molar-refractivity contribution in [3.63, 3.8) is 0 Å². The molecular formula is C20H22N6O3. The van der Waals surface area contributed by atoms with E-state index in [1.807, 2.05) is 49.4 Å². The van der Waals surface area contributed by atoms with E-state index in [-0.39, 0.29) is 18.2 Å². The summed E-state index contributed by atoms with van der Waals surface area (Å²) in [6, 6.07) is 13.1. The quantitative estimate of drug-likeness (QED) is 0.485. The molecule has 0 unspecified atom stereocenters. The smallest absolute Gasteiger partial charge is 0.273 e. The fourth-order valence-electron chi connectivity index (χ4n) is 2.81. The number of rotatable bonds is 7. The minimum Gasteiger partial charge on any atom is -0.489 e. The summed E-state index contributed by atoms with van der Waals surface area (Å²) in [5.41, 5.74) is 3.44. The first-order valence-electron chi connectivity index (χ1n) is 8.92. The molecular weight excluding hydrogens is 372 g/mol. The number of benzene rings is 2. The Morgan fingerprint density at radius 3 is 2.69 bits per heavy atom. The van der Waals surface area contributed by atoms with Crippen LogP contribution in [-0.2, 0) is 23.3 Å². The molecule has 0 fully saturated rings. The first-order valence-corrected chi connectivity index (χ1v) is 8.92. The largest absolute Gasteiger partial charge is 0.489 e. The topological polar surface area (TPSA) is 104 Å². The maximum absolute atomic E-state index is 12.2. The SMILES string of the molecule is CNC(=O)/C(=N/OC)c1ccccc1COc1ccc(-c2nnn(C)n2)cc1C. The second-order valence-corrected chi connectivity index (χ2v) is 6.23. The van der Waals surface area contributed by atoms with Crippen LogP contribution < -0.4 is 10.1 Å². The van der Waals surface area contributed by atoms with Crippen LogP contribution >= 0.6 is 0 Å². The number of carbonyl (C=O) groups excluding carboxylic acids is 1. The zero-order valence-electron chi connectivity index (χ0n) is 16.7. The van der Waals surface area contributed by atoms with Gasteiger partial charge in [-0.05, 0) is 41.5 Å². The van der Waals surface area contributed by atoms with Gasteiger partial charge in [-0.1, -0.05) is 29.4 Å². The molecule has 0 aliphatic rings. The Labute approximate surface area is 168 Å². The summed E-state index contributed by atoms with van der Waals surface area (Å²) in [6.07, 6.45) is 0. The van der Waals surface area contributed by atoms with Gasteiger partial charge >= 0.3 is 0 Å². The molecule has 0 saturated heterocycles. The lowest BCUT2D eigenvalue weighted by Gasteiger charge is -2.13. The third-order valence-corrected chi connectivity index (χ3v) is 4.22. The second kappa shape index (κ2) is 8.96. The highest BCUT2D eigenvalue weighted by molar-refractivity contribution is 6.45. The molecule has 1 N–H and O–H groups in total. The van der Waals surface area contributed by atoms with Crippen molar-refractivity contribution in [2.24, 2.45) is 12.2 Å². The Morgan fingerprint density at radius 2 is 2.03 bits per heavy atom. The molecule has 0 saturated carbocycles. The van der Waals surface area contributed by atoms with Gasteiger partial charge in [-0.15, -0.1) is 10.2 Å². The number of ether oxygens (including phenoxy) is 1. The molecule has 3 rings (SSSR count). The number of aryl methyl sites for hydroxylation is 2. The average molecular weight is 394 g/mol. The van der Waals surface area contributed by atoms with E-state index in [9.17, 15) is 4.79 Å². The molecule has 1 amide bonds. The lowest BCUT2D eigenvalue weighted by atomic mass is 10.0. The van der Waals surface area contributed by atoms with Crippen molar-refractivity contribution in [1.82, 2.24) is 25.5 Å². The maximum atomic E-state index is 12.2. The molecule has 0 aliphatic carbocycles.